The number of nitrogens with zero attached hydrogens (tertiary/aromatic N) is 2. The van der Waals surface area contributed by atoms with E-state index in [-0.39, 0.29) is 6.04 Å². The van der Waals surface area contributed by atoms with Gasteiger partial charge in [0.15, 0.2) is 0 Å². The van der Waals surface area contributed by atoms with Crippen LogP contribution < -0.4 is 16.0 Å². The SMILES string of the molecule is COc1ccc(Cl)cc1C(NN)c1cnccn1. The summed E-state index contributed by atoms with van der Waals surface area (Å²) >= 11 is 6.00. The monoisotopic (exact) mass is 264 g/mol. The van der Waals surface area contributed by atoms with Gasteiger partial charge in [-0.2, -0.15) is 0 Å². The Hall–Kier alpha value is -1.69. The first-order chi connectivity index (χ1) is 8.76. The number of ether oxygens (including phenoxy) is 1. The molecule has 6 heteroatoms. The first-order valence-corrected chi connectivity index (χ1v) is 5.69. The third-order valence-corrected chi connectivity index (χ3v) is 2.78. The molecule has 94 valence electrons. The maximum Gasteiger partial charge on any atom is 0.124 e. The second-order valence-corrected chi connectivity index (χ2v) is 4.05. The van der Waals surface area contributed by atoms with E-state index in [4.69, 9.17) is 22.2 Å². The van der Waals surface area contributed by atoms with Crippen molar-refractivity contribution in [2.45, 2.75) is 6.04 Å². The molecule has 1 atom stereocenters. The molecule has 1 heterocycles. The fourth-order valence-electron chi connectivity index (χ4n) is 1.72. The van der Waals surface area contributed by atoms with Crippen LogP contribution in [0, 0.1) is 0 Å². The molecule has 0 radical (unpaired) electrons. The molecule has 0 aliphatic rings. The molecule has 0 aliphatic carbocycles. The number of benzene rings is 1. The minimum absolute atomic E-state index is 0.327. The first-order valence-electron chi connectivity index (χ1n) is 5.31. The van der Waals surface area contributed by atoms with Crippen molar-refractivity contribution in [3.63, 3.8) is 0 Å². The van der Waals surface area contributed by atoms with E-state index < -0.39 is 0 Å². The molecule has 2 rings (SSSR count). The van der Waals surface area contributed by atoms with Gasteiger partial charge in [0, 0.05) is 23.0 Å². The van der Waals surface area contributed by atoms with Crippen LogP contribution in [0.4, 0.5) is 0 Å². The van der Waals surface area contributed by atoms with Crippen LogP contribution in [-0.4, -0.2) is 17.1 Å². The topological polar surface area (TPSA) is 73.1 Å². The van der Waals surface area contributed by atoms with Gasteiger partial charge in [0.05, 0.1) is 25.0 Å². The zero-order valence-corrected chi connectivity index (χ0v) is 10.6. The van der Waals surface area contributed by atoms with Gasteiger partial charge in [-0.15, -0.1) is 0 Å². The molecule has 18 heavy (non-hydrogen) atoms. The number of hydrazine groups is 1. The summed E-state index contributed by atoms with van der Waals surface area (Å²) in [5.74, 6) is 6.28. The van der Waals surface area contributed by atoms with Crippen LogP contribution in [-0.2, 0) is 0 Å². The smallest absolute Gasteiger partial charge is 0.124 e. The van der Waals surface area contributed by atoms with Gasteiger partial charge in [-0.1, -0.05) is 11.6 Å². The average molecular weight is 265 g/mol. The molecule has 0 saturated carbocycles. The molecule has 1 aromatic heterocycles. The van der Waals surface area contributed by atoms with Crippen LogP contribution in [0.3, 0.4) is 0 Å². The summed E-state index contributed by atoms with van der Waals surface area (Å²) in [4.78, 5) is 8.25. The number of aromatic nitrogens is 2. The van der Waals surface area contributed by atoms with E-state index in [1.165, 1.54) is 0 Å². The van der Waals surface area contributed by atoms with Gasteiger partial charge < -0.3 is 4.74 Å². The van der Waals surface area contributed by atoms with E-state index in [0.717, 1.165) is 5.56 Å². The Balaban J connectivity index is 2.48. The van der Waals surface area contributed by atoms with Crippen LogP contribution >= 0.6 is 11.6 Å². The predicted molar refractivity (Wildman–Crippen MR) is 69.2 cm³/mol. The predicted octanol–water partition coefficient (Wildman–Crippen LogP) is 1.69. The molecule has 3 N–H and O–H groups in total. The lowest BCUT2D eigenvalue weighted by Crippen LogP contribution is -2.30. The molecule has 0 amide bonds. The number of rotatable bonds is 4. The highest BCUT2D eigenvalue weighted by molar-refractivity contribution is 6.30. The second-order valence-electron chi connectivity index (χ2n) is 3.62. The van der Waals surface area contributed by atoms with Gasteiger partial charge >= 0.3 is 0 Å². The van der Waals surface area contributed by atoms with Crippen molar-refractivity contribution in [1.82, 2.24) is 15.4 Å². The summed E-state index contributed by atoms with van der Waals surface area (Å²) in [7, 11) is 1.59. The van der Waals surface area contributed by atoms with Crippen molar-refractivity contribution < 1.29 is 4.74 Å². The number of methoxy groups -OCH3 is 1. The minimum atomic E-state index is -0.327. The Morgan fingerprint density at radius 1 is 1.39 bits per heavy atom. The standard InChI is InChI=1S/C12H13ClN4O/c1-18-11-3-2-8(13)6-9(11)12(17-14)10-7-15-4-5-16-10/h2-7,12,17H,14H2,1H3. The summed E-state index contributed by atoms with van der Waals surface area (Å²) in [5.41, 5.74) is 4.20. The second kappa shape index (κ2) is 5.77. The quantitative estimate of drug-likeness (QED) is 0.649. The van der Waals surface area contributed by atoms with E-state index in [1.54, 1.807) is 43.9 Å². The highest BCUT2D eigenvalue weighted by atomic mass is 35.5. The highest BCUT2D eigenvalue weighted by Gasteiger charge is 2.18. The normalized spacial score (nSPS) is 12.2. The van der Waals surface area contributed by atoms with Crippen molar-refractivity contribution in [3.05, 3.63) is 53.1 Å². The van der Waals surface area contributed by atoms with Gasteiger partial charge in [0.25, 0.3) is 0 Å². The fraction of sp³-hybridized carbons (Fsp3) is 0.167. The molecule has 5 nitrogen and oxygen atoms in total. The van der Waals surface area contributed by atoms with Crippen LogP contribution in [0.2, 0.25) is 5.02 Å². The molecule has 0 spiro atoms. The summed E-state index contributed by atoms with van der Waals surface area (Å²) in [6, 6.07) is 5.01. The Kier molecular flexibility index (Phi) is 4.09. The largest absolute Gasteiger partial charge is 0.496 e. The maximum atomic E-state index is 6.00. The Labute approximate surface area is 110 Å². The lowest BCUT2D eigenvalue weighted by Gasteiger charge is -2.18. The van der Waals surface area contributed by atoms with Crippen LogP contribution in [0.15, 0.2) is 36.8 Å². The Morgan fingerprint density at radius 2 is 2.22 bits per heavy atom. The van der Waals surface area contributed by atoms with E-state index in [0.29, 0.717) is 16.5 Å². The maximum absolute atomic E-state index is 6.00. The van der Waals surface area contributed by atoms with Crippen molar-refractivity contribution in [3.8, 4) is 5.75 Å². The van der Waals surface area contributed by atoms with Crippen LogP contribution in [0.1, 0.15) is 17.3 Å². The highest BCUT2D eigenvalue weighted by Crippen LogP contribution is 2.30. The number of hydrogen-bond acceptors (Lipinski definition) is 5. The van der Waals surface area contributed by atoms with E-state index in [1.807, 2.05) is 0 Å². The first kappa shape index (κ1) is 12.8. The van der Waals surface area contributed by atoms with Crippen LogP contribution in [0.5, 0.6) is 5.75 Å². The van der Waals surface area contributed by atoms with Crippen LogP contribution in [0.25, 0.3) is 0 Å². The van der Waals surface area contributed by atoms with E-state index >= 15 is 0 Å². The van der Waals surface area contributed by atoms with Gasteiger partial charge in [-0.25, -0.2) is 5.43 Å². The lowest BCUT2D eigenvalue weighted by molar-refractivity contribution is 0.403. The van der Waals surface area contributed by atoms with Crippen molar-refractivity contribution in [2.75, 3.05) is 7.11 Å². The van der Waals surface area contributed by atoms with E-state index in [2.05, 4.69) is 15.4 Å². The van der Waals surface area contributed by atoms with Gasteiger partial charge in [-0.05, 0) is 18.2 Å². The average Bonchev–Trinajstić information content (AvgIpc) is 2.41. The van der Waals surface area contributed by atoms with Crippen molar-refractivity contribution >= 4 is 11.6 Å². The number of halogens is 1. The number of hydrogen-bond donors (Lipinski definition) is 2. The summed E-state index contributed by atoms with van der Waals surface area (Å²) in [5, 5.41) is 0.606. The van der Waals surface area contributed by atoms with Gasteiger partial charge in [-0.3, -0.25) is 15.8 Å². The molecule has 2 aromatic rings. The molecule has 0 fully saturated rings. The summed E-state index contributed by atoms with van der Waals surface area (Å²) in [6.45, 7) is 0. The molecular formula is C12H13ClN4O. The Morgan fingerprint density at radius 3 is 2.83 bits per heavy atom. The number of nitrogens with one attached hydrogen (secondary N) is 1. The fourth-order valence-corrected chi connectivity index (χ4v) is 1.91. The van der Waals surface area contributed by atoms with Crippen molar-refractivity contribution in [1.29, 1.82) is 0 Å². The third kappa shape index (κ3) is 2.59. The minimum Gasteiger partial charge on any atom is -0.496 e. The van der Waals surface area contributed by atoms with Crippen molar-refractivity contribution in [2.24, 2.45) is 5.84 Å². The summed E-state index contributed by atoms with van der Waals surface area (Å²) in [6.07, 6.45) is 4.86. The molecule has 1 unspecified atom stereocenters. The summed E-state index contributed by atoms with van der Waals surface area (Å²) < 4.78 is 5.30. The molecule has 0 saturated heterocycles. The van der Waals surface area contributed by atoms with Gasteiger partial charge in [0.1, 0.15) is 5.75 Å². The number of nitrogens with two attached hydrogens (primary N) is 1. The zero-order chi connectivity index (χ0) is 13.0. The third-order valence-electron chi connectivity index (χ3n) is 2.55. The Bertz CT molecular complexity index is 521. The molecular weight excluding hydrogens is 252 g/mol. The van der Waals surface area contributed by atoms with Gasteiger partial charge in [0.2, 0.25) is 0 Å². The molecule has 0 bridgehead atoms. The zero-order valence-electron chi connectivity index (χ0n) is 9.80. The molecule has 0 aliphatic heterocycles. The van der Waals surface area contributed by atoms with E-state index in [9.17, 15) is 0 Å². The molecule has 1 aromatic carbocycles. The lowest BCUT2D eigenvalue weighted by atomic mass is 10.0.